The number of hydrogen-bond acceptors (Lipinski definition) is 3. The van der Waals surface area contributed by atoms with Crippen LogP contribution in [0.4, 0.5) is 5.69 Å². The van der Waals surface area contributed by atoms with Crippen molar-refractivity contribution in [2.75, 3.05) is 10.8 Å². The SMILES string of the molecule is Cc1ccc(S(=O)(=O)N(CC(=O)N[C@@H](CC(C)C)c2ccccc2)c2cccc(Cl)c2C)cc1. The fourth-order valence-electron chi connectivity index (χ4n) is 3.81. The van der Waals surface area contributed by atoms with Crippen LogP contribution < -0.4 is 9.62 Å². The average Bonchev–Trinajstić information content (AvgIpc) is 2.79. The number of benzene rings is 3. The van der Waals surface area contributed by atoms with E-state index in [0.29, 0.717) is 22.2 Å². The van der Waals surface area contributed by atoms with Gasteiger partial charge in [0.25, 0.3) is 10.0 Å². The van der Waals surface area contributed by atoms with E-state index in [9.17, 15) is 13.2 Å². The molecule has 3 aromatic carbocycles. The lowest BCUT2D eigenvalue weighted by Crippen LogP contribution is -2.42. The number of nitrogens with zero attached hydrogens (tertiary/aromatic N) is 1. The number of hydrogen-bond donors (Lipinski definition) is 1. The van der Waals surface area contributed by atoms with Crippen LogP contribution in [-0.2, 0) is 14.8 Å². The molecule has 0 aliphatic heterocycles. The van der Waals surface area contributed by atoms with Crippen LogP contribution in [0.15, 0.2) is 77.7 Å². The lowest BCUT2D eigenvalue weighted by atomic mass is 9.97. The third-order valence-corrected chi connectivity index (χ3v) is 7.83. The average molecular weight is 499 g/mol. The molecule has 0 fully saturated rings. The number of amides is 1. The minimum atomic E-state index is -4.01. The third-order valence-electron chi connectivity index (χ3n) is 5.65. The molecule has 1 atom stereocenters. The predicted molar refractivity (Wildman–Crippen MR) is 139 cm³/mol. The second-order valence-electron chi connectivity index (χ2n) is 8.87. The highest BCUT2D eigenvalue weighted by atomic mass is 35.5. The quantitative estimate of drug-likeness (QED) is 0.390. The highest BCUT2D eigenvalue weighted by molar-refractivity contribution is 7.92. The van der Waals surface area contributed by atoms with Gasteiger partial charge in [-0.15, -0.1) is 0 Å². The van der Waals surface area contributed by atoms with E-state index in [1.165, 1.54) is 0 Å². The van der Waals surface area contributed by atoms with E-state index in [4.69, 9.17) is 11.6 Å². The Bertz CT molecular complexity index is 1230. The van der Waals surface area contributed by atoms with Gasteiger partial charge in [0.1, 0.15) is 6.54 Å². The van der Waals surface area contributed by atoms with Gasteiger partial charge in [0.05, 0.1) is 16.6 Å². The fourth-order valence-corrected chi connectivity index (χ4v) is 5.46. The summed E-state index contributed by atoms with van der Waals surface area (Å²) in [5, 5.41) is 3.49. The highest BCUT2D eigenvalue weighted by Crippen LogP contribution is 2.31. The predicted octanol–water partition coefficient (Wildman–Crippen LogP) is 6.06. The molecule has 7 heteroatoms. The molecule has 0 aromatic heterocycles. The molecule has 0 aliphatic carbocycles. The number of aryl methyl sites for hydroxylation is 1. The Balaban J connectivity index is 1.97. The van der Waals surface area contributed by atoms with Crippen LogP contribution in [0.3, 0.4) is 0 Å². The molecular formula is C27H31ClN2O3S. The maximum Gasteiger partial charge on any atom is 0.264 e. The lowest BCUT2D eigenvalue weighted by molar-refractivity contribution is -0.120. The Morgan fingerprint density at radius 3 is 2.21 bits per heavy atom. The Labute approximate surface area is 207 Å². The summed E-state index contributed by atoms with van der Waals surface area (Å²) in [5.74, 6) is -0.0439. The maximum atomic E-state index is 13.7. The standard InChI is InChI=1S/C27H31ClN2O3S/c1-19(2)17-25(22-9-6-5-7-10-22)29-27(31)18-30(26-12-8-11-24(28)21(26)4)34(32,33)23-15-13-20(3)14-16-23/h5-16,19,25H,17-18H2,1-4H3,(H,29,31)/t25-/m0/s1. The van der Waals surface area contributed by atoms with Crippen molar-refractivity contribution >= 4 is 33.2 Å². The zero-order valence-electron chi connectivity index (χ0n) is 20.0. The Hall–Kier alpha value is -2.83. The van der Waals surface area contributed by atoms with Crippen LogP contribution >= 0.6 is 11.6 Å². The van der Waals surface area contributed by atoms with Gasteiger partial charge in [-0.2, -0.15) is 0 Å². The molecule has 1 amide bonds. The van der Waals surface area contributed by atoms with Crippen molar-refractivity contribution in [3.8, 4) is 0 Å². The van der Waals surface area contributed by atoms with Gasteiger partial charge in [-0.1, -0.05) is 79.5 Å². The normalized spacial score (nSPS) is 12.4. The van der Waals surface area contributed by atoms with Crippen molar-refractivity contribution in [2.45, 2.75) is 45.1 Å². The van der Waals surface area contributed by atoms with Crippen molar-refractivity contribution < 1.29 is 13.2 Å². The minimum absolute atomic E-state index is 0.118. The van der Waals surface area contributed by atoms with E-state index in [1.807, 2.05) is 37.3 Å². The number of anilines is 1. The Morgan fingerprint density at radius 2 is 1.59 bits per heavy atom. The molecule has 1 N–H and O–H groups in total. The zero-order valence-corrected chi connectivity index (χ0v) is 21.5. The summed E-state index contributed by atoms with van der Waals surface area (Å²) in [6.45, 7) is 7.45. The molecule has 3 rings (SSSR count). The molecule has 0 bridgehead atoms. The summed E-state index contributed by atoms with van der Waals surface area (Å²) >= 11 is 6.31. The zero-order chi connectivity index (χ0) is 24.9. The van der Waals surface area contributed by atoms with Gasteiger partial charge in [-0.05, 0) is 61.6 Å². The maximum absolute atomic E-state index is 13.7. The molecule has 0 unspecified atom stereocenters. The summed E-state index contributed by atoms with van der Waals surface area (Å²) in [7, 11) is -4.01. The van der Waals surface area contributed by atoms with Gasteiger partial charge in [0, 0.05) is 5.02 Å². The number of carbonyl (C=O) groups is 1. The molecular weight excluding hydrogens is 468 g/mol. The highest BCUT2D eigenvalue weighted by Gasteiger charge is 2.29. The molecule has 180 valence electrons. The Morgan fingerprint density at radius 1 is 0.941 bits per heavy atom. The Kier molecular flexibility index (Phi) is 8.39. The summed E-state index contributed by atoms with van der Waals surface area (Å²) in [6.07, 6.45) is 0.733. The number of sulfonamides is 1. The third kappa shape index (κ3) is 6.19. The van der Waals surface area contributed by atoms with Crippen molar-refractivity contribution in [1.82, 2.24) is 5.32 Å². The van der Waals surface area contributed by atoms with Gasteiger partial charge >= 0.3 is 0 Å². The molecule has 0 radical (unpaired) electrons. The summed E-state index contributed by atoms with van der Waals surface area (Å²) < 4.78 is 28.5. The largest absolute Gasteiger partial charge is 0.348 e. The second kappa shape index (κ2) is 11.1. The van der Waals surface area contributed by atoms with Gasteiger partial charge in [0.2, 0.25) is 5.91 Å². The summed E-state index contributed by atoms with van der Waals surface area (Å²) in [5.41, 5.74) is 2.90. The molecule has 5 nitrogen and oxygen atoms in total. The van der Waals surface area contributed by atoms with Gasteiger partial charge in [0.15, 0.2) is 0 Å². The molecule has 0 aliphatic rings. The monoisotopic (exact) mass is 498 g/mol. The van der Waals surface area contributed by atoms with Crippen LogP contribution in [0, 0.1) is 19.8 Å². The van der Waals surface area contributed by atoms with E-state index in [1.54, 1.807) is 49.4 Å². The molecule has 0 saturated heterocycles. The lowest BCUT2D eigenvalue weighted by Gasteiger charge is -2.28. The molecule has 0 spiro atoms. The van der Waals surface area contributed by atoms with Crippen LogP contribution in [0.5, 0.6) is 0 Å². The first-order valence-corrected chi connectivity index (χ1v) is 13.1. The molecule has 34 heavy (non-hydrogen) atoms. The number of rotatable bonds is 9. The number of nitrogens with one attached hydrogen (secondary N) is 1. The van der Waals surface area contributed by atoms with E-state index >= 15 is 0 Å². The first-order valence-electron chi connectivity index (χ1n) is 11.3. The first kappa shape index (κ1) is 25.8. The smallest absolute Gasteiger partial charge is 0.264 e. The van der Waals surface area contributed by atoms with Gasteiger partial charge < -0.3 is 5.32 Å². The van der Waals surface area contributed by atoms with Gasteiger partial charge in [-0.3, -0.25) is 9.10 Å². The molecule has 0 heterocycles. The van der Waals surface area contributed by atoms with E-state index in [2.05, 4.69) is 19.2 Å². The van der Waals surface area contributed by atoms with Crippen LogP contribution in [0.1, 0.15) is 43.0 Å². The number of halogens is 1. The van der Waals surface area contributed by atoms with Crippen LogP contribution in [0.2, 0.25) is 5.02 Å². The van der Waals surface area contributed by atoms with Crippen LogP contribution in [0.25, 0.3) is 0 Å². The minimum Gasteiger partial charge on any atom is -0.348 e. The van der Waals surface area contributed by atoms with Crippen molar-refractivity contribution in [1.29, 1.82) is 0 Å². The number of carbonyl (C=O) groups excluding carboxylic acids is 1. The first-order chi connectivity index (χ1) is 16.1. The van der Waals surface area contributed by atoms with Crippen LogP contribution in [-0.4, -0.2) is 20.9 Å². The summed E-state index contributed by atoms with van der Waals surface area (Å²) in [6, 6.07) is 21.1. The van der Waals surface area contributed by atoms with E-state index in [-0.39, 0.29) is 23.4 Å². The van der Waals surface area contributed by atoms with E-state index < -0.39 is 10.0 Å². The van der Waals surface area contributed by atoms with E-state index in [0.717, 1.165) is 21.9 Å². The van der Waals surface area contributed by atoms with Crippen molar-refractivity contribution in [3.63, 3.8) is 0 Å². The van der Waals surface area contributed by atoms with Gasteiger partial charge in [-0.25, -0.2) is 8.42 Å². The fraction of sp³-hybridized carbons (Fsp3) is 0.296. The van der Waals surface area contributed by atoms with Crippen molar-refractivity contribution in [3.05, 3.63) is 94.5 Å². The second-order valence-corrected chi connectivity index (χ2v) is 11.1. The van der Waals surface area contributed by atoms with Crippen molar-refractivity contribution in [2.24, 2.45) is 5.92 Å². The molecule has 0 saturated carbocycles. The topological polar surface area (TPSA) is 66.5 Å². The molecule has 3 aromatic rings. The summed E-state index contributed by atoms with van der Waals surface area (Å²) in [4.78, 5) is 13.4.